The van der Waals surface area contributed by atoms with E-state index in [1.165, 1.54) is 20.8 Å². The average Bonchev–Trinajstić information content (AvgIpc) is 2.53. The second-order valence-electron chi connectivity index (χ2n) is 8.38. The van der Waals surface area contributed by atoms with E-state index in [4.69, 9.17) is 15.8 Å². The molecular weight excluding hydrogens is 669 g/mol. The molecule has 35 heavy (non-hydrogen) atoms. The standard InChI is InChI=1S/C9H21P.C9H20P.3C2H3N.BF4.Os/c2*1-7(2)10(8(3)4)9(5)6;3*1-2-3;2-1(3,4)5;/h7-9H,1-6H3;7-9H,1H2,2-6H3;3*1H3;;/q;-1;;;;-1;+2. The van der Waals surface area contributed by atoms with Crippen LogP contribution < -0.4 is 0 Å². The number of nitriles is 3. The molecule has 0 saturated carbocycles. The molecule has 0 saturated heterocycles. The Morgan fingerprint density at radius 1 is 0.543 bits per heavy atom. The number of rotatable bonds is 6. The summed E-state index contributed by atoms with van der Waals surface area (Å²) in [5, 5.41) is 22.0. The molecule has 0 rings (SSSR count). The smallest absolute Gasteiger partial charge is 0.418 e. The topological polar surface area (TPSA) is 71.4 Å². The van der Waals surface area contributed by atoms with Gasteiger partial charge in [0.15, 0.2) is 0 Å². The summed E-state index contributed by atoms with van der Waals surface area (Å²) in [6.45, 7) is 34.0. The summed E-state index contributed by atoms with van der Waals surface area (Å²) in [5.41, 5.74) is 5.01. The van der Waals surface area contributed by atoms with Crippen LogP contribution in [0.1, 0.15) is 96.9 Å². The first kappa shape index (κ1) is 51.4. The minimum Gasteiger partial charge on any atom is -0.418 e. The summed E-state index contributed by atoms with van der Waals surface area (Å²) in [6.07, 6.45) is 0. The zero-order chi connectivity index (χ0) is 29.2. The summed E-state index contributed by atoms with van der Waals surface area (Å²) in [6, 6.07) is 5.25. The molecule has 0 aromatic rings. The molecule has 0 aromatic carbocycles. The van der Waals surface area contributed by atoms with Gasteiger partial charge in [0, 0.05) is 20.8 Å². The van der Waals surface area contributed by atoms with Gasteiger partial charge in [0.25, 0.3) is 0 Å². The van der Waals surface area contributed by atoms with Crippen molar-refractivity contribution in [3.8, 4) is 18.2 Å². The number of hydrogen-bond acceptors (Lipinski definition) is 3. The van der Waals surface area contributed by atoms with Crippen molar-refractivity contribution in [2.24, 2.45) is 0 Å². The molecule has 3 nitrogen and oxygen atoms in total. The number of hydrogen-bond donors (Lipinski definition) is 0. The monoisotopic (exact) mass is 721 g/mol. The normalized spacial score (nSPS) is 10.4. The maximum atomic E-state index is 9.75. The van der Waals surface area contributed by atoms with E-state index in [2.05, 4.69) is 83.1 Å². The van der Waals surface area contributed by atoms with E-state index in [1.807, 2.05) is 0 Å². The van der Waals surface area contributed by atoms with Gasteiger partial charge in [-0.05, 0) is 28.3 Å². The maximum Gasteiger partial charge on any atom is 2.00 e. The second-order valence-corrected chi connectivity index (χ2v) is 16.2. The largest absolute Gasteiger partial charge is 2.00 e. The van der Waals surface area contributed by atoms with Crippen molar-refractivity contribution in [2.45, 2.75) is 131 Å². The molecule has 1 atom stereocenters. The first-order valence-electron chi connectivity index (χ1n) is 11.4. The molecule has 0 spiro atoms. The molecule has 0 aliphatic heterocycles. The molecule has 1 unspecified atom stereocenters. The van der Waals surface area contributed by atoms with E-state index >= 15 is 0 Å². The fourth-order valence-electron chi connectivity index (χ4n) is 3.40. The molecule has 0 aliphatic rings. The van der Waals surface area contributed by atoms with Gasteiger partial charge in [0.2, 0.25) is 0 Å². The molecule has 0 radical (unpaired) electrons. The number of nitrogens with zero attached hydrogens (tertiary/aromatic N) is 3. The van der Waals surface area contributed by atoms with Gasteiger partial charge in [0.05, 0.1) is 18.2 Å². The molecule has 0 N–H and O–H groups in total. The average molecular weight is 720 g/mol. The van der Waals surface area contributed by atoms with Gasteiger partial charge in [-0.2, -0.15) is 21.4 Å². The van der Waals surface area contributed by atoms with E-state index in [9.17, 15) is 17.3 Å². The van der Waals surface area contributed by atoms with E-state index in [-0.39, 0.29) is 35.6 Å². The van der Waals surface area contributed by atoms with Crippen LogP contribution >= 0.6 is 15.8 Å². The molecule has 11 heteroatoms. The predicted octanol–water partition coefficient (Wildman–Crippen LogP) is 10.1. The van der Waals surface area contributed by atoms with Gasteiger partial charge in [-0.3, -0.25) is 0 Å². The van der Waals surface area contributed by atoms with Crippen LogP contribution in [0.3, 0.4) is 0 Å². The molecule has 0 aliphatic carbocycles. The minimum absolute atomic E-state index is 0. The fourth-order valence-corrected chi connectivity index (χ4v) is 10.2. The molecule has 0 amide bonds. The van der Waals surface area contributed by atoms with Crippen LogP contribution in [0, 0.1) is 40.9 Å². The van der Waals surface area contributed by atoms with Crippen LogP contribution in [0.4, 0.5) is 17.3 Å². The van der Waals surface area contributed by atoms with Crippen LogP contribution in [0.15, 0.2) is 0 Å². The molecule has 0 fully saturated rings. The van der Waals surface area contributed by atoms with Gasteiger partial charge in [-0.15, -0.1) is 7.92 Å². The zero-order valence-corrected chi connectivity index (χ0v) is 28.7. The minimum atomic E-state index is -6.00. The van der Waals surface area contributed by atoms with Crippen molar-refractivity contribution in [3.05, 3.63) is 6.92 Å². The number of halogens is 4. The Hall–Kier alpha value is -0.249. The predicted molar refractivity (Wildman–Crippen MR) is 148 cm³/mol. The zero-order valence-electron chi connectivity index (χ0n) is 24.4. The van der Waals surface area contributed by atoms with Gasteiger partial charge in [-0.1, -0.05) is 84.1 Å². The Kier molecular flexibility index (Phi) is 49.6. The first-order chi connectivity index (χ1) is 15.2. The second kappa shape index (κ2) is 33.8. The van der Waals surface area contributed by atoms with Gasteiger partial charge < -0.3 is 24.2 Å². The van der Waals surface area contributed by atoms with Crippen LogP contribution in [0.2, 0.25) is 0 Å². The summed E-state index contributed by atoms with van der Waals surface area (Å²) < 4.78 is 39.0. The molecule has 0 aromatic heterocycles. The van der Waals surface area contributed by atoms with Crippen molar-refractivity contribution in [3.63, 3.8) is 0 Å². The summed E-state index contributed by atoms with van der Waals surface area (Å²) in [4.78, 5) is 0. The Balaban J connectivity index is -0.0000000583. The molecule has 0 heterocycles. The van der Waals surface area contributed by atoms with Crippen molar-refractivity contribution < 1.29 is 37.1 Å². The molecule has 210 valence electrons. The first-order valence-corrected chi connectivity index (χ1v) is 14.5. The third-order valence-corrected chi connectivity index (χ3v) is 10.5. The van der Waals surface area contributed by atoms with E-state index in [0.717, 1.165) is 28.3 Å². The van der Waals surface area contributed by atoms with E-state index < -0.39 is 7.25 Å². The van der Waals surface area contributed by atoms with E-state index in [0.29, 0.717) is 5.66 Å². The van der Waals surface area contributed by atoms with E-state index in [1.54, 1.807) is 18.2 Å². The third kappa shape index (κ3) is 60.3. The Morgan fingerprint density at radius 2 is 0.657 bits per heavy atom. The van der Waals surface area contributed by atoms with Crippen LogP contribution in [-0.4, -0.2) is 41.2 Å². The van der Waals surface area contributed by atoms with Gasteiger partial charge in [0.1, 0.15) is 0 Å². The van der Waals surface area contributed by atoms with Crippen molar-refractivity contribution in [1.82, 2.24) is 0 Å². The Morgan fingerprint density at radius 3 is 0.657 bits per heavy atom. The third-order valence-electron chi connectivity index (χ3n) is 3.49. The fraction of sp³-hybridized carbons (Fsp3) is 0.833. The van der Waals surface area contributed by atoms with Crippen LogP contribution in [0.5, 0.6) is 0 Å². The summed E-state index contributed by atoms with van der Waals surface area (Å²) in [7, 11) is -5.59. The summed E-state index contributed by atoms with van der Waals surface area (Å²) >= 11 is 0. The van der Waals surface area contributed by atoms with Gasteiger partial charge >= 0.3 is 27.0 Å². The SMILES string of the molecule is CC#N.CC#N.CC#N.CC(C)P(C(C)C)C(C)C.F[B-](F)(F)F.[CH2-]C(C)P(C(C)C)C(C)C.[Os+2]. The summed E-state index contributed by atoms with van der Waals surface area (Å²) in [5.74, 6) is 0. The van der Waals surface area contributed by atoms with Crippen LogP contribution in [0.25, 0.3) is 0 Å². The maximum absolute atomic E-state index is 9.75. The van der Waals surface area contributed by atoms with Crippen molar-refractivity contribution in [2.75, 3.05) is 0 Å². The molecule has 0 bridgehead atoms. The van der Waals surface area contributed by atoms with Crippen LogP contribution in [-0.2, 0) is 19.8 Å². The van der Waals surface area contributed by atoms with Crippen molar-refractivity contribution in [1.29, 1.82) is 15.8 Å². The Bertz CT molecular complexity index is 444. The van der Waals surface area contributed by atoms with Gasteiger partial charge in [-0.25, -0.2) is 0 Å². The Labute approximate surface area is 231 Å². The quantitative estimate of drug-likeness (QED) is 0.119. The molecular formula is C24H50BF4N3OsP2. The van der Waals surface area contributed by atoms with Crippen molar-refractivity contribution >= 4 is 23.1 Å².